The van der Waals surface area contributed by atoms with Gasteiger partial charge in [0.2, 0.25) is 15.9 Å². The van der Waals surface area contributed by atoms with Crippen LogP contribution in [0.4, 0.5) is 0 Å². The summed E-state index contributed by atoms with van der Waals surface area (Å²) in [5.74, 6) is 0.656. The summed E-state index contributed by atoms with van der Waals surface area (Å²) in [5.41, 5.74) is 6.28. The molecule has 1 heterocycles. The second-order valence-corrected chi connectivity index (χ2v) is 7.80. The molecule has 7 nitrogen and oxygen atoms in total. The summed E-state index contributed by atoms with van der Waals surface area (Å²) in [6.07, 6.45) is 1.15. The third kappa shape index (κ3) is 5.07. The summed E-state index contributed by atoms with van der Waals surface area (Å²) in [5, 5.41) is 2.74. The van der Waals surface area contributed by atoms with Gasteiger partial charge in [-0.1, -0.05) is 6.92 Å². The average molecular weight is 392 g/mol. The summed E-state index contributed by atoms with van der Waals surface area (Å²) < 4.78 is 32.3. The van der Waals surface area contributed by atoms with Crippen LogP contribution in [0.2, 0.25) is 0 Å². The van der Waals surface area contributed by atoms with Gasteiger partial charge >= 0.3 is 0 Å². The van der Waals surface area contributed by atoms with Gasteiger partial charge in [0.1, 0.15) is 5.75 Å². The topological polar surface area (TPSA) is 102 Å². The molecule has 1 aliphatic heterocycles. The lowest BCUT2D eigenvalue weighted by atomic mass is 10.1. The second-order valence-electron chi connectivity index (χ2n) is 5.86. The Morgan fingerprint density at radius 1 is 1.44 bits per heavy atom. The van der Waals surface area contributed by atoms with E-state index in [0.29, 0.717) is 37.4 Å². The molecule has 1 aromatic carbocycles. The van der Waals surface area contributed by atoms with Crippen LogP contribution in [-0.4, -0.2) is 45.4 Å². The normalized spacial score (nSPS) is 17.8. The standard InChI is InChI=1S/C16H25N3O4S.ClH/c1-3-16(20)18-10-13-8-14(4-5-15(13)23-2)24(21,22)19-7-6-12(9-17)11-19;/h4-5,8,12H,3,6-7,9-11,17H2,1-2H3,(H,18,20);1H. The first-order valence-corrected chi connectivity index (χ1v) is 9.50. The van der Waals surface area contributed by atoms with Crippen molar-refractivity contribution in [1.82, 2.24) is 9.62 Å². The number of amides is 1. The van der Waals surface area contributed by atoms with E-state index >= 15 is 0 Å². The predicted molar refractivity (Wildman–Crippen MR) is 98.3 cm³/mol. The van der Waals surface area contributed by atoms with Gasteiger partial charge in [-0.3, -0.25) is 4.79 Å². The van der Waals surface area contributed by atoms with Gasteiger partial charge in [-0.2, -0.15) is 4.31 Å². The molecule has 1 unspecified atom stereocenters. The fraction of sp³-hybridized carbons (Fsp3) is 0.562. The highest BCUT2D eigenvalue weighted by Gasteiger charge is 2.32. The number of ether oxygens (including phenoxy) is 1. The molecular weight excluding hydrogens is 366 g/mol. The maximum absolute atomic E-state index is 12.8. The molecule has 1 atom stereocenters. The monoisotopic (exact) mass is 391 g/mol. The van der Waals surface area contributed by atoms with Crippen LogP contribution in [-0.2, 0) is 21.4 Å². The Bertz CT molecular complexity index is 697. The van der Waals surface area contributed by atoms with Crippen LogP contribution in [0.25, 0.3) is 0 Å². The van der Waals surface area contributed by atoms with Gasteiger partial charge in [0.25, 0.3) is 0 Å². The first-order chi connectivity index (χ1) is 11.4. The van der Waals surface area contributed by atoms with Crippen LogP contribution in [0.15, 0.2) is 23.1 Å². The Kier molecular flexibility index (Phi) is 8.14. The third-order valence-electron chi connectivity index (χ3n) is 4.27. The zero-order valence-electron chi connectivity index (χ0n) is 14.5. The van der Waals surface area contributed by atoms with Gasteiger partial charge in [-0.15, -0.1) is 12.4 Å². The maximum atomic E-state index is 12.8. The molecule has 0 radical (unpaired) electrons. The van der Waals surface area contributed by atoms with Crippen molar-refractivity contribution in [2.45, 2.75) is 31.2 Å². The minimum atomic E-state index is -3.56. The van der Waals surface area contributed by atoms with E-state index in [2.05, 4.69) is 5.32 Å². The van der Waals surface area contributed by atoms with Crippen molar-refractivity contribution >= 4 is 28.3 Å². The van der Waals surface area contributed by atoms with Gasteiger partial charge in [-0.25, -0.2) is 8.42 Å². The van der Waals surface area contributed by atoms with E-state index in [4.69, 9.17) is 10.5 Å². The zero-order chi connectivity index (χ0) is 17.7. The Balaban J connectivity index is 0.00000312. The maximum Gasteiger partial charge on any atom is 0.243 e. The highest BCUT2D eigenvalue weighted by atomic mass is 35.5. The number of carbonyl (C=O) groups is 1. The number of methoxy groups -OCH3 is 1. The highest BCUT2D eigenvalue weighted by Crippen LogP contribution is 2.27. The average Bonchev–Trinajstić information content (AvgIpc) is 3.09. The van der Waals surface area contributed by atoms with Gasteiger partial charge in [0, 0.05) is 31.6 Å². The minimum absolute atomic E-state index is 0. The Hall–Kier alpha value is -1.35. The van der Waals surface area contributed by atoms with Crippen molar-refractivity contribution in [3.8, 4) is 5.75 Å². The molecule has 1 fully saturated rings. The van der Waals surface area contributed by atoms with Crippen molar-refractivity contribution in [1.29, 1.82) is 0 Å². The largest absolute Gasteiger partial charge is 0.496 e. The number of sulfonamides is 1. The van der Waals surface area contributed by atoms with Gasteiger partial charge in [0.05, 0.1) is 12.0 Å². The minimum Gasteiger partial charge on any atom is -0.496 e. The van der Waals surface area contributed by atoms with E-state index in [9.17, 15) is 13.2 Å². The predicted octanol–water partition coefficient (Wildman–Crippen LogP) is 1.11. The van der Waals surface area contributed by atoms with Crippen LogP contribution < -0.4 is 15.8 Å². The van der Waals surface area contributed by atoms with E-state index in [1.54, 1.807) is 19.1 Å². The molecule has 142 valence electrons. The molecule has 25 heavy (non-hydrogen) atoms. The van der Waals surface area contributed by atoms with Crippen molar-refractivity contribution in [2.24, 2.45) is 11.7 Å². The SMILES string of the molecule is CCC(=O)NCc1cc(S(=O)(=O)N2CCC(CN)C2)ccc1OC.Cl. The molecule has 9 heteroatoms. The van der Waals surface area contributed by atoms with Crippen molar-refractivity contribution in [3.05, 3.63) is 23.8 Å². The number of halogens is 1. The number of benzene rings is 1. The number of nitrogens with one attached hydrogen (secondary N) is 1. The lowest BCUT2D eigenvalue weighted by Gasteiger charge is -2.18. The molecule has 0 aliphatic carbocycles. The highest BCUT2D eigenvalue weighted by molar-refractivity contribution is 7.89. The lowest BCUT2D eigenvalue weighted by molar-refractivity contribution is -0.120. The second kappa shape index (κ2) is 9.38. The van der Waals surface area contributed by atoms with E-state index in [0.717, 1.165) is 6.42 Å². The first kappa shape index (κ1) is 21.7. The summed E-state index contributed by atoms with van der Waals surface area (Å²) in [4.78, 5) is 11.7. The van der Waals surface area contributed by atoms with Crippen LogP contribution in [0.1, 0.15) is 25.3 Å². The van der Waals surface area contributed by atoms with E-state index < -0.39 is 10.0 Å². The van der Waals surface area contributed by atoms with Gasteiger partial charge in [0.15, 0.2) is 0 Å². The van der Waals surface area contributed by atoms with Crippen LogP contribution in [0, 0.1) is 5.92 Å². The summed E-state index contributed by atoms with van der Waals surface area (Å²) in [6.45, 7) is 3.41. The molecular formula is C16H26ClN3O4S. The molecule has 0 bridgehead atoms. The van der Waals surface area contributed by atoms with Crippen LogP contribution in [0.3, 0.4) is 0 Å². The fourth-order valence-corrected chi connectivity index (χ4v) is 4.31. The quantitative estimate of drug-likeness (QED) is 0.725. The lowest BCUT2D eigenvalue weighted by Crippen LogP contribution is -2.30. The summed E-state index contributed by atoms with van der Waals surface area (Å²) in [7, 11) is -2.05. The number of nitrogens with zero attached hydrogens (tertiary/aromatic N) is 1. The first-order valence-electron chi connectivity index (χ1n) is 8.06. The molecule has 3 N–H and O–H groups in total. The Labute approximate surface area is 155 Å². The number of rotatable bonds is 7. The Morgan fingerprint density at radius 2 is 2.16 bits per heavy atom. The van der Waals surface area contributed by atoms with Crippen LogP contribution >= 0.6 is 12.4 Å². The Morgan fingerprint density at radius 3 is 2.72 bits per heavy atom. The molecule has 1 amide bonds. The molecule has 1 aromatic rings. The smallest absolute Gasteiger partial charge is 0.243 e. The molecule has 0 aromatic heterocycles. The van der Waals surface area contributed by atoms with Crippen molar-refractivity contribution in [2.75, 3.05) is 26.7 Å². The van der Waals surface area contributed by atoms with Gasteiger partial charge in [-0.05, 0) is 37.1 Å². The van der Waals surface area contributed by atoms with Crippen LogP contribution in [0.5, 0.6) is 5.75 Å². The molecule has 1 saturated heterocycles. The number of hydrogen-bond donors (Lipinski definition) is 2. The van der Waals surface area contributed by atoms with E-state index in [-0.39, 0.29) is 35.7 Å². The van der Waals surface area contributed by atoms with E-state index in [1.165, 1.54) is 17.5 Å². The molecule has 0 saturated carbocycles. The third-order valence-corrected chi connectivity index (χ3v) is 6.13. The van der Waals surface area contributed by atoms with E-state index in [1.807, 2.05) is 0 Å². The van der Waals surface area contributed by atoms with Gasteiger partial charge < -0.3 is 15.8 Å². The zero-order valence-corrected chi connectivity index (χ0v) is 16.2. The molecule has 2 rings (SSSR count). The number of carbonyl (C=O) groups excluding carboxylic acids is 1. The summed E-state index contributed by atoms with van der Waals surface area (Å²) in [6, 6.07) is 4.73. The summed E-state index contributed by atoms with van der Waals surface area (Å²) >= 11 is 0. The molecule has 0 spiro atoms. The fourth-order valence-electron chi connectivity index (χ4n) is 2.73. The van der Waals surface area contributed by atoms with Crippen molar-refractivity contribution < 1.29 is 17.9 Å². The molecule has 1 aliphatic rings. The number of nitrogens with two attached hydrogens (primary N) is 1. The van der Waals surface area contributed by atoms with Crippen molar-refractivity contribution in [3.63, 3.8) is 0 Å². The number of hydrogen-bond acceptors (Lipinski definition) is 5.